The van der Waals surface area contributed by atoms with E-state index in [0.717, 1.165) is 17.7 Å². The van der Waals surface area contributed by atoms with Crippen LogP contribution >= 0.6 is 0 Å². The van der Waals surface area contributed by atoms with E-state index in [1.807, 2.05) is 54.6 Å². The Morgan fingerprint density at radius 2 is 1.62 bits per heavy atom. The Morgan fingerprint density at radius 1 is 0.931 bits per heavy atom. The minimum Gasteiger partial charge on any atom is -0.480 e. The Hall–Kier alpha value is -3.60. The molecule has 0 saturated carbocycles. The molecule has 1 heterocycles. The van der Waals surface area contributed by atoms with Crippen LogP contribution in [0.4, 0.5) is 11.4 Å². The zero-order chi connectivity index (χ0) is 20.2. The summed E-state index contributed by atoms with van der Waals surface area (Å²) in [5.41, 5.74) is 3.18. The molecule has 0 bridgehead atoms. The summed E-state index contributed by atoms with van der Waals surface area (Å²) in [5.74, 6) is -0.0135. The molecule has 0 saturated heterocycles. The van der Waals surface area contributed by atoms with E-state index in [4.69, 9.17) is 4.74 Å². The van der Waals surface area contributed by atoms with Crippen molar-refractivity contribution in [1.29, 1.82) is 0 Å². The lowest BCUT2D eigenvalue weighted by Gasteiger charge is -2.23. The molecule has 5 heteroatoms. The number of nitrogens with one attached hydrogen (secondary N) is 1. The van der Waals surface area contributed by atoms with E-state index in [0.29, 0.717) is 23.5 Å². The van der Waals surface area contributed by atoms with Crippen LogP contribution in [0.2, 0.25) is 0 Å². The van der Waals surface area contributed by atoms with Crippen molar-refractivity contribution >= 4 is 23.2 Å². The third-order valence-electron chi connectivity index (χ3n) is 4.97. The molecule has 3 aromatic rings. The molecule has 1 unspecified atom stereocenters. The second-order valence-corrected chi connectivity index (χ2v) is 6.94. The number of amides is 2. The van der Waals surface area contributed by atoms with Gasteiger partial charge in [-0.3, -0.25) is 9.59 Å². The van der Waals surface area contributed by atoms with Gasteiger partial charge in [0, 0.05) is 17.9 Å². The number of nitrogens with zero attached hydrogens (tertiary/aromatic N) is 1. The molecule has 146 valence electrons. The summed E-state index contributed by atoms with van der Waals surface area (Å²) < 4.78 is 5.94. The first-order chi connectivity index (χ1) is 14.1. The lowest BCUT2D eigenvalue weighted by molar-refractivity contribution is -0.124. The van der Waals surface area contributed by atoms with Gasteiger partial charge in [0.05, 0.1) is 5.56 Å². The zero-order valence-corrected chi connectivity index (χ0v) is 16.2. The largest absolute Gasteiger partial charge is 0.480 e. The summed E-state index contributed by atoms with van der Waals surface area (Å²) in [7, 11) is 0. The molecule has 1 N–H and O–H groups in total. The molecule has 0 fully saturated rings. The molecule has 0 spiro atoms. The maximum atomic E-state index is 13.0. The zero-order valence-electron chi connectivity index (χ0n) is 16.2. The molecule has 4 rings (SSSR count). The van der Waals surface area contributed by atoms with Gasteiger partial charge in [-0.2, -0.15) is 0 Å². The third kappa shape index (κ3) is 3.99. The van der Waals surface area contributed by atoms with E-state index in [2.05, 4.69) is 5.32 Å². The summed E-state index contributed by atoms with van der Waals surface area (Å²) >= 11 is 0. The average molecular weight is 386 g/mol. The van der Waals surface area contributed by atoms with Gasteiger partial charge in [0.25, 0.3) is 11.8 Å². The van der Waals surface area contributed by atoms with Crippen LogP contribution in [0.1, 0.15) is 22.8 Å². The van der Waals surface area contributed by atoms with Crippen molar-refractivity contribution in [3.05, 3.63) is 90.0 Å². The fourth-order valence-corrected chi connectivity index (χ4v) is 3.50. The van der Waals surface area contributed by atoms with Gasteiger partial charge in [0.15, 0.2) is 6.10 Å². The predicted molar refractivity (Wildman–Crippen MR) is 113 cm³/mol. The number of para-hydroxylation sites is 3. The van der Waals surface area contributed by atoms with Gasteiger partial charge >= 0.3 is 0 Å². The SMILES string of the molecule is CC(Oc1ccccc1C(=O)Nc1ccccc1)C(=O)N1CCc2ccccc21. The fourth-order valence-electron chi connectivity index (χ4n) is 3.50. The monoisotopic (exact) mass is 386 g/mol. The van der Waals surface area contributed by atoms with Gasteiger partial charge in [-0.1, -0.05) is 48.5 Å². The molecule has 2 amide bonds. The normalized spacial score (nSPS) is 13.5. The lowest BCUT2D eigenvalue weighted by Crippen LogP contribution is -2.39. The van der Waals surface area contributed by atoms with Crippen LogP contribution in [-0.2, 0) is 11.2 Å². The smallest absolute Gasteiger partial charge is 0.267 e. The molecule has 0 radical (unpaired) electrons. The van der Waals surface area contributed by atoms with E-state index < -0.39 is 6.10 Å². The molecule has 0 aromatic heterocycles. The Balaban J connectivity index is 1.50. The molecule has 0 aliphatic carbocycles. The van der Waals surface area contributed by atoms with Crippen LogP contribution in [0, 0.1) is 0 Å². The minimum atomic E-state index is -0.716. The van der Waals surface area contributed by atoms with Crippen molar-refractivity contribution in [1.82, 2.24) is 0 Å². The quantitative estimate of drug-likeness (QED) is 0.711. The summed E-state index contributed by atoms with van der Waals surface area (Å²) in [5, 5.41) is 2.85. The van der Waals surface area contributed by atoms with Crippen molar-refractivity contribution < 1.29 is 14.3 Å². The van der Waals surface area contributed by atoms with E-state index in [-0.39, 0.29) is 11.8 Å². The molecule has 5 nitrogen and oxygen atoms in total. The van der Waals surface area contributed by atoms with Crippen LogP contribution in [-0.4, -0.2) is 24.5 Å². The summed E-state index contributed by atoms with van der Waals surface area (Å²) in [6, 6.07) is 24.1. The number of anilines is 2. The number of hydrogen-bond donors (Lipinski definition) is 1. The highest BCUT2D eigenvalue weighted by molar-refractivity contribution is 6.06. The topological polar surface area (TPSA) is 58.6 Å². The highest BCUT2D eigenvalue weighted by Crippen LogP contribution is 2.29. The van der Waals surface area contributed by atoms with Gasteiger partial charge in [-0.05, 0) is 49.2 Å². The maximum absolute atomic E-state index is 13.0. The molecule has 3 aromatic carbocycles. The number of hydrogen-bond acceptors (Lipinski definition) is 3. The van der Waals surface area contributed by atoms with Crippen LogP contribution in [0.5, 0.6) is 5.75 Å². The number of carbonyl (C=O) groups excluding carboxylic acids is 2. The van der Waals surface area contributed by atoms with E-state index >= 15 is 0 Å². The Kier molecular flexibility index (Phi) is 5.29. The Bertz CT molecular complexity index is 1030. The standard InChI is InChI=1S/C24H22N2O3/c1-17(24(28)26-16-15-18-9-5-7-13-21(18)26)29-22-14-8-6-12-20(22)23(27)25-19-10-3-2-4-11-19/h2-14,17H,15-16H2,1H3,(H,25,27). The van der Waals surface area contributed by atoms with Crippen molar-refractivity contribution in [2.75, 3.05) is 16.8 Å². The second kappa shape index (κ2) is 8.19. The number of fused-ring (bicyclic) bond motifs is 1. The van der Waals surface area contributed by atoms with Gasteiger partial charge in [0.2, 0.25) is 0 Å². The minimum absolute atomic E-state index is 0.117. The molecule has 1 atom stereocenters. The highest BCUT2D eigenvalue weighted by atomic mass is 16.5. The maximum Gasteiger partial charge on any atom is 0.267 e. The summed E-state index contributed by atoms with van der Waals surface area (Å²) in [6.07, 6.45) is 0.122. The molecule has 1 aliphatic rings. The van der Waals surface area contributed by atoms with Crippen molar-refractivity contribution in [3.8, 4) is 5.75 Å². The molecular weight excluding hydrogens is 364 g/mol. The third-order valence-corrected chi connectivity index (χ3v) is 4.97. The first-order valence-electron chi connectivity index (χ1n) is 9.65. The average Bonchev–Trinajstić information content (AvgIpc) is 3.18. The van der Waals surface area contributed by atoms with Crippen molar-refractivity contribution in [2.45, 2.75) is 19.4 Å². The van der Waals surface area contributed by atoms with Crippen LogP contribution < -0.4 is 15.0 Å². The number of carbonyl (C=O) groups is 2. The highest BCUT2D eigenvalue weighted by Gasteiger charge is 2.29. The van der Waals surface area contributed by atoms with E-state index in [9.17, 15) is 9.59 Å². The Labute approximate surface area is 169 Å². The van der Waals surface area contributed by atoms with Gasteiger partial charge in [-0.25, -0.2) is 0 Å². The molecule has 29 heavy (non-hydrogen) atoms. The van der Waals surface area contributed by atoms with E-state index in [1.165, 1.54) is 0 Å². The van der Waals surface area contributed by atoms with Crippen LogP contribution in [0.3, 0.4) is 0 Å². The van der Waals surface area contributed by atoms with Crippen LogP contribution in [0.15, 0.2) is 78.9 Å². The fraction of sp³-hybridized carbons (Fsp3) is 0.167. The van der Waals surface area contributed by atoms with Gasteiger partial charge in [0.1, 0.15) is 5.75 Å². The molecule has 1 aliphatic heterocycles. The number of benzene rings is 3. The molecular formula is C24H22N2O3. The first-order valence-corrected chi connectivity index (χ1v) is 9.65. The Morgan fingerprint density at radius 3 is 2.45 bits per heavy atom. The van der Waals surface area contributed by atoms with Gasteiger partial charge < -0.3 is 15.0 Å². The number of ether oxygens (including phenoxy) is 1. The van der Waals surface area contributed by atoms with E-state index in [1.54, 1.807) is 36.1 Å². The second-order valence-electron chi connectivity index (χ2n) is 6.94. The first kappa shape index (κ1) is 18.7. The number of rotatable bonds is 5. The lowest BCUT2D eigenvalue weighted by atomic mass is 10.1. The van der Waals surface area contributed by atoms with Crippen molar-refractivity contribution in [3.63, 3.8) is 0 Å². The summed E-state index contributed by atoms with van der Waals surface area (Å²) in [6.45, 7) is 2.36. The van der Waals surface area contributed by atoms with Crippen LogP contribution in [0.25, 0.3) is 0 Å². The van der Waals surface area contributed by atoms with Gasteiger partial charge in [-0.15, -0.1) is 0 Å². The summed E-state index contributed by atoms with van der Waals surface area (Å²) in [4.78, 5) is 27.5. The predicted octanol–water partition coefficient (Wildman–Crippen LogP) is 4.30. The van der Waals surface area contributed by atoms with Crippen molar-refractivity contribution in [2.24, 2.45) is 0 Å².